The van der Waals surface area contributed by atoms with Crippen LogP contribution in [0.3, 0.4) is 0 Å². The molecule has 2 fully saturated rings. The van der Waals surface area contributed by atoms with Crippen molar-refractivity contribution < 1.29 is 9.59 Å². The van der Waals surface area contributed by atoms with Crippen molar-refractivity contribution in [2.45, 2.75) is 51.1 Å². The fourth-order valence-corrected chi connectivity index (χ4v) is 2.98. The summed E-state index contributed by atoms with van der Waals surface area (Å²) in [4.78, 5) is 25.5. The van der Waals surface area contributed by atoms with E-state index in [0.717, 1.165) is 32.1 Å². The molecule has 3 amide bonds. The molecule has 1 saturated carbocycles. The Morgan fingerprint density at radius 3 is 2.82 bits per heavy atom. The van der Waals surface area contributed by atoms with Crippen LogP contribution in [0.4, 0.5) is 4.79 Å². The monoisotopic (exact) mass is 239 g/mol. The molecule has 0 aromatic rings. The van der Waals surface area contributed by atoms with E-state index >= 15 is 0 Å². The van der Waals surface area contributed by atoms with E-state index in [1.165, 1.54) is 4.90 Å². The number of nitrogens with zero attached hydrogens (tertiary/aromatic N) is 1. The third-order valence-electron chi connectivity index (χ3n) is 3.88. The number of urea groups is 1. The fraction of sp³-hybridized carbons (Fsp3) is 0.833. The van der Waals surface area contributed by atoms with Gasteiger partial charge in [0.1, 0.15) is 6.04 Å². The molecule has 1 heterocycles. The molecule has 0 aromatic heterocycles. The first-order valence-electron chi connectivity index (χ1n) is 6.52. The van der Waals surface area contributed by atoms with Crippen LogP contribution in [-0.2, 0) is 4.79 Å². The second kappa shape index (κ2) is 5.04. The van der Waals surface area contributed by atoms with Crippen molar-refractivity contribution in [1.29, 1.82) is 0 Å². The van der Waals surface area contributed by atoms with Crippen molar-refractivity contribution in [3.05, 3.63) is 0 Å². The van der Waals surface area contributed by atoms with Crippen LogP contribution < -0.4 is 11.1 Å². The molecule has 17 heavy (non-hydrogen) atoms. The van der Waals surface area contributed by atoms with Crippen molar-refractivity contribution in [3.63, 3.8) is 0 Å². The molecular formula is C12H21N3O2. The van der Waals surface area contributed by atoms with Gasteiger partial charge in [0, 0.05) is 6.04 Å². The van der Waals surface area contributed by atoms with Gasteiger partial charge in [-0.25, -0.2) is 4.79 Å². The maximum atomic E-state index is 12.2. The van der Waals surface area contributed by atoms with Gasteiger partial charge in [-0.05, 0) is 31.7 Å². The number of hydrogen-bond donors (Lipinski definition) is 2. The van der Waals surface area contributed by atoms with Crippen molar-refractivity contribution in [2.75, 3.05) is 6.54 Å². The summed E-state index contributed by atoms with van der Waals surface area (Å²) >= 11 is 0. The lowest BCUT2D eigenvalue weighted by molar-refractivity contribution is -0.129. The number of rotatable bonds is 4. The van der Waals surface area contributed by atoms with Gasteiger partial charge in [0.25, 0.3) is 5.91 Å². The van der Waals surface area contributed by atoms with E-state index in [4.69, 9.17) is 5.73 Å². The minimum atomic E-state index is -0.313. The Kier molecular flexibility index (Phi) is 3.66. The molecular weight excluding hydrogens is 218 g/mol. The van der Waals surface area contributed by atoms with Gasteiger partial charge in [0.15, 0.2) is 0 Å². The van der Waals surface area contributed by atoms with E-state index < -0.39 is 0 Å². The average Bonchev–Trinajstić information content (AvgIpc) is 2.85. The van der Waals surface area contributed by atoms with Gasteiger partial charge in [0.05, 0.1) is 0 Å². The van der Waals surface area contributed by atoms with Gasteiger partial charge in [-0.2, -0.15) is 0 Å². The Morgan fingerprint density at radius 2 is 2.18 bits per heavy atom. The molecule has 1 saturated heterocycles. The molecule has 0 spiro atoms. The zero-order valence-corrected chi connectivity index (χ0v) is 10.3. The highest BCUT2D eigenvalue weighted by Gasteiger charge is 2.44. The van der Waals surface area contributed by atoms with Gasteiger partial charge in [-0.3, -0.25) is 9.69 Å². The first kappa shape index (κ1) is 12.4. The molecule has 2 rings (SSSR count). The van der Waals surface area contributed by atoms with Crippen LogP contribution in [0.5, 0.6) is 0 Å². The molecule has 3 N–H and O–H groups in total. The normalized spacial score (nSPS) is 33.3. The van der Waals surface area contributed by atoms with Crippen LogP contribution in [0.2, 0.25) is 0 Å². The Bertz CT molecular complexity index is 319. The van der Waals surface area contributed by atoms with Crippen molar-refractivity contribution in [1.82, 2.24) is 10.2 Å². The van der Waals surface area contributed by atoms with Crippen LogP contribution in [0.25, 0.3) is 0 Å². The van der Waals surface area contributed by atoms with Crippen LogP contribution in [-0.4, -0.2) is 35.5 Å². The zero-order valence-electron chi connectivity index (χ0n) is 10.3. The summed E-state index contributed by atoms with van der Waals surface area (Å²) in [5.74, 6) is 0.229. The molecule has 3 unspecified atom stereocenters. The van der Waals surface area contributed by atoms with E-state index in [-0.39, 0.29) is 29.9 Å². The highest BCUT2D eigenvalue weighted by Crippen LogP contribution is 2.31. The van der Waals surface area contributed by atoms with Crippen LogP contribution >= 0.6 is 0 Å². The minimum Gasteiger partial charge on any atom is -0.330 e. The maximum Gasteiger partial charge on any atom is 0.325 e. The van der Waals surface area contributed by atoms with E-state index in [0.29, 0.717) is 6.54 Å². The van der Waals surface area contributed by atoms with Crippen LogP contribution in [0.1, 0.15) is 39.0 Å². The topological polar surface area (TPSA) is 75.4 Å². The Balaban J connectivity index is 2.10. The average molecular weight is 239 g/mol. The Morgan fingerprint density at radius 1 is 1.41 bits per heavy atom. The predicted octanol–water partition coefficient (Wildman–Crippen LogP) is 0.834. The first-order chi connectivity index (χ1) is 8.19. The van der Waals surface area contributed by atoms with Crippen molar-refractivity contribution in [3.8, 4) is 0 Å². The van der Waals surface area contributed by atoms with Crippen LogP contribution in [0.15, 0.2) is 0 Å². The number of carbonyl (C=O) groups is 2. The highest BCUT2D eigenvalue weighted by atomic mass is 16.2. The highest BCUT2D eigenvalue weighted by molar-refractivity contribution is 6.04. The van der Waals surface area contributed by atoms with Crippen molar-refractivity contribution in [2.24, 2.45) is 11.7 Å². The SMILES string of the molecule is CCCC1NC(=O)N(C2CCCC2CN)C1=O. The third kappa shape index (κ3) is 2.16. The number of nitrogens with two attached hydrogens (primary N) is 1. The molecule has 0 aromatic carbocycles. The van der Waals surface area contributed by atoms with Gasteiger partial charge in [-0.15, -0.1) is 0 Å². The molecule has 3 atom stereocenters. The number of hydrogen-bond acceptors (Lipinski definition) is 3. The maximum absolute atomic E-state index is 12.2. The molecule has 0 bridgehead atoms. The smallest absolute Gasteiger partial charge is 0.325 e. The predicted molar refractivity (Wildman–Crippen MR) is 64.3 cm³/mol. The summed E-state index contributed by atoms with van der Waals surface area (Å²) < 4.78 is 0. The summed E-state index contributed by atoms with van der Waals surface area (Å²) in [5, 5.41) is 2.77. The molecule has 96 valence electrons. The van der Waals surface area contributed by atoms with E-state index in [2.05, 4.69) is 5.32 Å². The Labute approximate surface area is 102 Å². The number of imide groups is 1. The van der Waals surface area contributed by atoms with Crippen molar-refractivity contribution >= 4 is 11.9 Å². The second-order valence-electron chi connectivity index (χ2n) is 4.99. The molecule has 1 aliphatic heterocycles. The Hall–Kier alpha value is -1.10. The van der Waals surface area contributed by atoms with E-state index in [1.807, 2.05) is 6.92 Å². The number of amides is 3. The standard InChI is InChI=1S/C12H21N3O2/c1-2-4-9-11(16)15(12(17)14-9)10-6-3-5-8(10)7-13/h8-10H,2-7,13H2,1H3,(H,14,17). The summed E-state index contributed by atoms with van der Waals surface area (Å²) in [6.07, 6.45) is 4.61. The summed E-state index contributed by atoms with van der Waals surface area (Å²) in [6, 6.07) is -0.514. The third-order valence-corrected chi connectivity index (χ3v) is 3.88. The fourth-order valence-electron chi connectivity index (χ4n) is 2.98. The lowest BCUT2D eigenvalue weighted by Gasteiger charge is -2.26. The zero-order chi connectivity index (χ0) is 12.4. The summed E-state index contributed by atoms with van der Waals surface area (Å²) in [5.41, 5.74) is 5.71. The summed E-state index contributed by atoms with van der Waals surface area (Å²) in [7, 11) is 0. The molecule has 2 aliphatic rings. The largest absolute Gasteiger partial charge is 0.330 e. The molecule has 0 radical (unpaired) electrons. The van der Waals surface area contributed by atoms with Gasteiger partial charge in [-0.1, -0.05) is 19.8 Å². The number of nitrogens with one attached hydrogen (secondary N) is 1. The molecule has 1 aliphatic carbocycles. The first-order valence-corrected chi connectivity index (χ1v) is 6.52. The lowest BCUT2D eigenvalue weighted by atomic mass is 10.0. The van der Waals surface area contributed by atoms with Gasteiger partial charge >= 0.3 is 6.03 Å². The van der Waals surface area contributed by atoms with Gasteiger partial charge in [0.2, 0.25) is 0 Å². The van der Waals surface area contributed by atoms with Crippen LogP contribution in [0, 0.1) is 5.92 Å². The van der Waals surface area contributed by atoms with Gasteiger partial charge < -0.3 is 11.1 Å². The van der Waals surface area contributed by atoms with E-state index in [1.54, 1.807) is 0 Å². The second-order valence-corrected chi connectivity index (χ2v) is 4.99. The van der Waals surface area contributed by atoms with E-state index in [9.17, 15) is 9.59 Å². The molecule has 5 heteroatoms. The minimum absolute atomic E-state index is 0.0226. The lowest BCUT2D eigenvalue weighted by Crippen LogP contribution is -2.44. The quantitative estimate of drug-likeness (QED) is 0.714. The number of carbonyl (C=O) groups excluding carboxylic acids is 2. The molecule has 5 nitrogen and oxygen atoms in total. The summed E-state index contributed by atoms with van der Waals surface area (Å²) in [6.45, 7) is 2.57.